The van der Waals surface area contributed by atoms with E-state index in [1.165, 1.54) is 22.6 Å². The van der Waals surface area contributed by atoms with Gasteiger partial charge in [-0.25, -0.2) is 0 Å². The summed E-state index contributed by atoms with van der Waals surface area (Å²) in [5.41, 5.74) is 4.36. The van der Waals surface area contributed by atoms with E-state index in [-0.39, 0.29) is 23.6 Å². The van der Waals surface area contributed by atoms with Crippen LogP contribution in [-0.4, -0.2) is 72.7 Å². The molecule has 8 nitrogen and oxygen atoms in total. The number of carbonyl (C=O) groups is 4. The van der Waals surface area contributed by atoms with Crippen LogP contribution in [0.4, 0.5) is 11.4 Å². The number of rotatable bonds is 8. The second-order valence-corrected chi connectivity index (χ2v) is 14.8. The summed E-state index contributed by atoms with van der Waals surface area (Å²) in [6.07, 6.45) is 9.92. The van der Waals surface area contributed by atoms with Crippen LogP contribution < -0.4 is 9.80 Å². The molecule has 9 rings (SSSR count). The molecule has 0 unspecified atom stereocenters. The number of carbonyl (C=O) groups excluding carboxylic acids is 4. The Kier molecular flexibility index (Phi) is 7.48. The lowest BCUT2D eigenvalue weighted by atomic mass is 9.80. The SMILES string of the molecule is CCCCN1C(=O)c2ccc3c4c(N5CCCCC5)cc5c6c(ccc(c7c(N8CCCCC8)cc(c2c37)C1=O)c64)C(=O)N(CCCC)C5=O. The largest absolute Gasteiger partial charge is 0.371 e. The number of unbranched alkanes of at least 4 members (excludes halogenated alkanes) is 2. The third-order valence-corrected chi connectivity index (χ3v) is 11.8. The predicted octanol–water partition coefficient (Wildman–Crippen LogP) is 8.51. The van der Waals surface area contributed by atoms with E-state index in [0.29, 0.717) is 35.3 Å². The highest BCUT2D eigenvalue weighted by molar-refractivity contribution is 6.44. The number of hydrogen-bond donors (Lipinski definition) is 0. The molecule has 0 spiro atoms. The first kappa shape index (κ1) is 31.3. The van der Waals surface area contributed by atoms with Crippen LogP contribution in [0, 0.1) is 0 Å². The normalized spacial score (nSPS) is 18.3. The van der Waals surface area contributed by atoms with Gasteiger partial charge in [0.25, 0.3) is 23.6 Å². The van der Waals surface area contributed by atoms with E-state index >= 15 is 0 Å². The number of nitrogens with zero attached hydrogens (tertiary/aromatic N) is 4. The van der Waals surface area contributed by atoms with Crippen molar-refractivity contribution in [3.05, 3.63) is 58.7 Å². The van der Waals surface area contributed by atoms with Crippen molar-refractivity contribution in [2.45, 2.75) is 78.1 Å². The average molecular weight is 669 g/mol. The maximum atomic E-state index is 14.3. The topological polar surface area (TPSA) is 81.2 Å². The molecule has 0 N–H and O–H groups in total. The molecular formula is C42H44N4O4. The summed E-state index contributed by atoms with van der Waals surface area (Å²) in [7, 11) is 0. The first-order valence-electron chi connectivity index (χ1n) is 18.9. The Bertz CT molecular complexity index is 2100. The van der Waals surface area contributed by atoms with Crippen molar-refractivity contribution < 1.29 is 19.2 Å². The van der Waals surface area contributed by atoms with E-state index in [4.69, 9.17) is 0 Å². The standard InChI is InChI=1S/C42H44N4O4/c1-3-5-21-45-39(47)27-15-13-25-36-32(44-19-11-8-12-20-44)24-30-34-28(40(48)46(42(30)50)22-6-4-2)16-14-26(38(34)36)35-31(43-17-9-7-10-18-43)23-29(41(45)49)33(27)37(25)35/h13-16,23-24H,3-12,17-22H2,1-2H3. The molecule has 5 aromatic carbocycles. The van der Waals surface area contributed by atoms with Gasteiger partial charge in [-0.15, -0.1) is 0 Å². The molecule has 2 fully saturated rings. The third-order valence-electron chi connectivity index (χ3n) is 11.8. The number of fused-ring (bicyclic) bond motifs is 2. The molecule has 0 aliphatic carbocycles. The second-order valence-electron chi connectivity index (χ2n) is 14.8. The maximum absolute atomic E-state index is 14.3. The van der Waals surface area contributed by atoms with E-state index in [1.807, 2.05) is 12.1 Å². The lowest BCUT2D eigenvalue weighted by Crippen LogP contribution is -2.41. The van der Waals surface area contributed by atoms with Gasteiger partial charge in [-0.3, -0.25) is 29.0 Å². The Balaban J connectivity index is 1.45. The Morgan fingerprint density at radius 3 is 1.22 bits per heavy atom. The molecule has 0 aromatic heterocycles. The van der Waals surface area contributed by atoms with Gasteiger partial charge >= 0.3 is 0 Å². The number of imide groups is 2. The minimum absolute atomic E-state index is 0.214. The van der Waals surface area contributed by atoms with Crippen molar-refractivity contribution in [2.75, 3.05) is 49.1 Å². The minimum atomic E-state index is -0.227. The molecule has 4 heterocycles. The second kappa shape index (κ2) is 12.0. The van der Waals surface area contributed by atoms with Crippen LogP contribution in [0.1, 0.15) is 119 Å². The maximum Gasteiger partial charge on any atom is 0.261 e. The van der Waals surface area contributed by atoms with Crippen molar-refractivity contribution in [3.63, 3.8) is 0 Å². The Labute approximate surface area is 292 Å². The number of amides is 4. The Morgan fingerprint density at radius 1 is 0.460 bits per heavy atom. The van der Waals surface area contributed by atoms with Crippen LogP contribution in [-0.2, 0) is 0 Å². The van der Waals surface area contributed by atoms with E-state index in [0.717, 1.165) is 132 Å². The fraction of sp³-hybridized carbons (Fsp3) is 0.429. The highest BCUT2D eigenvalue weighted by atomic mass is 16.2. The predicted molar refractivity (Wildman–Crippen MR) is 200 cm³/mol. The fourth-order valence-electron chi connectivity index (χ4n) is 9.33. The zero-order chi connectivity index (χ0) is 34.3. The van der Waals surface area contributed by atoms with Gasteiger partial charge in [0, 0.05) is 94.1 Å². The first-order chi connectivity index (χ1) is 24.4. The monoisotopic (exact) mass is 668 g/mol. The summed E-state index contributed by atoms with van der Waals surface area (Å²) in [5, 5.41) is 7.36. The van der Waals surface area contributed by atoms with Crippen molar-refractivity contribution in [3.8, 4) is 0 Å². The molecule has 0 bridgehead atoms. The van der Waals surface area contributed by atoms with E-state index in [9.17, 15) is 19.2 Å². The van der Waals surface area contributed by atoms with Gasteiger partial charge in [0.15, 0.2) is 0 Å². The molecule has 50 heavy (non-hydrogen) atoms. The van der Waals surface area contributed by atoms with E-state index in [1.54, 1.807) is 0 Å². The van der Waals surface area contributed by atoms with Gasteiger partial charge < -0.3 is 9.80 Å². The highest BCUT2D eigenvalue weighted by Crippen LogP contribution is 2.52. The number of piperidine rings is 2. The van der Waals surface area contributed by atoms with E-state index in [2.05, 4.69) is 47.9 Å². The fourth-order valence-corrected chi connectivity index (χ4v) is 9.33. The third kappa shape index (κ3) is 4.36. The summed E-state index contributed by atoms with van der Waals surface area (Å²) in [6, 6.07) is 12.1. The molecule has 0 atom stereocenters. The first-order valence-corrected chi connectivity index (χ1v) is 18.9. The molecule has 256 valence electrons. The molecule has 2 saturated heterocycles. The minimum Gasteiger partial charge on any atom is -0.371 e. The van der Waals surface area contributed by atoms with Gasteiger partial charge in [0.2, 0.25) is 0 Å². The van der Waals surface area contributed by atoms with Crippen LogP contribution in [0.5, 0.6) is 0 Å². The summed E-state index contributed by atoms with van der Waals surface area (Å²) in [5.74, 6) is -0.883. The lowest BCUT2D eigenvalue weighted by molar-refractivity contribution is 0.0593. The molecule has 8 heteroatoms. The van der Waals surface area contributed by atoms with Crippen molar-refractivity contribution in [2.24, 2.45) is 0 Å². The highest BCUT2D eigenvalue weighted by Gasteiger charge is 2.39. The van der Waals surface area contributed by atoms with Crippen molar-refractivity contribution in [1.29, 1.82) is 0 Å². The van der Waals surface area contributed by atoms with Crippen LogP contribution in [0.15, 0.2) is 36.4 Å². The van der Waals surface area contributed by atoms with Gasteiger partial charge in [-0.1, -0.05) is 38.8 Å². The van der Waals surface area contributed by atoms with Crippen LogP contribution in [0.3, 0.4) is 0 Å². The molecule has 5 aromatic rings. The molecular weight excluding hydrogens is 624 g/mol. The molecule has 4 amide bonds. The molecule has 0 saturated carbocycles. The zero-order valence-electron chi connectivity index (χ0n) is 29.2. The van der Waals surface area contributed by atoms with Crippen LogP contribution in [0.25, 0.3) is 43.1 Å². The zero-order valence-corrected chi connectivity index (χ0v) is 29.2. The summed E-state index contributed by atoms with van der Waals surface area (Å²) in [4.78, 5) is 64.6. The van der Waals surface area contributed by atoms with Gasteiger partial charge in [-0.05, 0) is 86.4 Å². The van der Waals surface area contributed by atoms with Crippen LogP contribution >= 0.6 is 0 Å². The molecule has 0 radical (unpaired) electrons. The average Bonchev–Trinajstić information content (AvgIpc) is 3.15. The van der Waals surface area contributed by atoms with E-state index < -0.39 is 0 Å². The van der Waals surface area contributed by atoms with Crippen molar-refractivity contribution >= 4 is 78.1 Å². The van der Waals surface area contributed by atoms with Crippen molar-refractivity contribution in [1.82, 2.24) is 9.80 Å². The van der Waals surface area contributed by atoms with Gasteiger partial charge in [0.05, 0.1) is 11.1 Å². The summed E-state index contributed by atoms with van der Waals surface area (Å²) >= 11 is 0. The Hall–Kier alpha value is -4.72. The van der Waals surface area contributed by atoms with Gasteiger partial charge in [-0.2, -0.15) is 0 Å². The molecule has 4 aliphatic rings. The number of anilines is 2. The van der Waals surface area contributed by atoms with Gasteiger partial charge in [0.1, 0.15) is 0 Å². The Morgan fingerprint density at radius 2 is 0.840 bits per heavy atom. The summed E-state index contributed by atoms with van der Waals surface area (Å²) < 4.78 is 0. The molecule has 4 aliphatic heterocycles. The van der Waals surface area contributed by atoms with Crippen LogP contribution in [0.2, 0.25) is 0 Å². The summed E-state index contributed by atoms with van der Waals surface area (Å²) in [6.45, 7) is 8.50. The number of benzene rings is 5. The lowest BCUT2D eigenvalue weighted by Gasteiger charge is -2.36. The smallest absolute Gasteiger partial charge is 0.261 e. The number of hydrogen-bond acceptors (Lipinski definition) is 6. The quantitative estimate of drug-likeness (QED) is 0.0937.